The maximum absolute atomic E-state index is 10.9. The molecule has 0 unspecified atom stereocenters. The van der Waals surface area contributed by atoms with Gasteiger partial charge >= 0.3 is 5.97 Å². The van der Waals surface area contributed by atoms with E-state index in [1.165, 1.54) is 12.3 Å². The molecule has 0 radical (unpaired) electrons. The van der Waals surface area contributed by atoms with Gasteiger partial charge in [0.1, 0.15) is 13.2 Å². The Morgan fingerprint density at radius 2 is 2.15 bits per heavy atom. The maximum atomic E-state index is 10.9. The highest BCUT2D eigenvalue weighted by molar-refractivity contribution is 5.82. The van der Waals surface area contributed by atoms with E-state index in [1.54, 1.807) is 12.2 Å². The molecule has 0 aromatic heterocycles. The van der Waals surface area contributed by atoms with E-state index in [2.05, 4.69) is 6.58 Å². The van der Waals surface area contributed by atoms with Gasteiger partial charge in [-0.05, 0) is 6.92 Å². The summed E-state index contributed by atoms with van der Waals surface area (Å²) in [6.07, 6.45) is 7.86. The first kappa shape index (κ1) is 11.5. The van der Waals surface area contributed by atoms with Crippen molar-refractivity contribution < 1.29 is 14.3 Å². The molecule has 13 heavy (non-hydrogen) atoms. The van der Waals surface area contributed by atoms with Gasteiger partial charge in [0.05, 0.1) is 6.26 Å². The Labute approximate surface area is 78.3 Å². The molecule has 0 atom stereocenters. The van der Waals surface area contributed by atoms with Gasteiger partial charge < -0.3 is 9.47 Å². The zero-order valence-corrected chi connectivity index (χ0v) is 7.73. The average molecular weight is 182 g/mol. The Bertz CT molecular complexity index is 204. The summed E-state index contributed by atoms with van der Waals surface area (Å²) in [6, 6.07) is 0. The number of esters is 1. The van der Waals surface area contributed by atoms with Crippen molar-refractivity contribution in [2.45, 2.75) is 6.92 Å². The van der Waals surface area contributed by atoms with Gasteiger partial charge in [-0.1, -0.05) is 24.8 Å². The molecule has 0 amide bonds. The summed E-state index contributed by atoms with van der Waals surface area (Å²) in [4.78, 5) is 10.9. The number of carbonyl (C=O) groups is 1. The summed E-state index contributed by atoms with van der Waals surface area (Å²) in [5.74, 6) is -0.370. The number of hydrogen-bond acceptors (Lipinski definition) is 3. The van der Waals surface area contributed by atoms with Crippen LogP contribution in [0.1, 0.15) is 6.92 Å². The Hall–Kier alpha value is -1.51. The molecule has 0 aromatic rings. The Morgan fingerprint density at radius 1 is 1.38 bits per heavy atom. The van der Waals surface area contributed by atoms with Crippen LogP contribution in [0, 0.1) is 0 Å². The van der Waals surface area contributed by atoms with Gasteiger partial charge in [-0.25, -0.2) is 4.79 Å². The van der Waals surface area contributed by atoms with E-state index in [-0.39, 0.29) is 12.6 Å². The zero-order valence-electron chi connectivity index (χ0n) is 7.73. The molecule has 0 aliphatic carbocycles. The van der Waals surface area contributed by atoms with Crippen LogP contribution in [0.3, 0.4) is 0 Å². The lowest BCUT2D eigenvalue weighted by molar-refractivity contribution is -0.138. The predicted molar refractivity (Wildman–Crippen MR) is 51.1 cm³/mol. The minimum atomic E-state index is -0.370. The van der Waals surface area contributed by atoms with E-state index < -0.39 is 0 Å². The highest BCUT2D eigenvalue weighted by atomic mass is 16.6. The monoisotopic (exact) mass is 182 g/mol. The second-order valence-electron chi connectivity index (χ2n) is 2.09. The number of ether oxygens (including phenoxy) is 2. The first-order valence-corrected chi connectivity index (χ1v) is 4.00. The molecule has 0 bridgehead atoms. The minimum Gasteiger partial charge on any atom is -0.498 e. The van der Waals surface area contributed by atoms with Crippen molar-refractivity contribution in [2.24, 2.45) is 0 Å². The predicted octanol–water partition coefficient (Wildman–Crippen LogP) is 1.82. The molecule has 0 aliphatic rings. The Morgan fingerprint density at radius 3 is 2.77 bits per heavy atom. The molecule has 0 saturated heterocycles. The lowest BCUT2D eigenvalue weighted by Crippen LogP contribution is -2.06. The lowest BCUT2D eigenvalue weighted by atomic mass is 10.4. The molecule has 0 spiro atoms. The van der Waals surface area contributed by atoms with Crippen molar-refractivity contribution in [3.8, 4) is 0 Å². The van der Waals surface area contributed by atoms with Crippen LogP contribution in [0.5, 0.6) is 0 Å². The van der Waals surface area contributed by atoms with Crippen LogP contribution in [0.4, 0.5) is 0 Å². The minimum absolute atomic E-state index is 0.241. The first-order valence-electron chi connectivity index (χ1n) is 4.00. The number of carbonyl (C=O) groups excluding carboxylic acids is 1. The van der Waals surface area contributed by atoms with Crippen molar-refractivity contribution in [2.75, 3.05) is 13.2 Å². The highest BCUT2D eigenvalue weighted by Crippen LogP contribution is 1.84. The van der Waals surface area contributed by atoms with E-state index in [4.69, 9.17) is 9.47 Å². The third-order valence-electron chi connectivity index (χ3n) is 1.10. The second kappa shape index (κ2) is 8.59. The SMILES string of the molecule is C=COCCOC(=O)C=CC=CC. The van der Waals surface area contributed by atoms with Crippen LogP contribution < -0.4 is 0 Å². The molecule has 0 saturated carbocycles. The van der Waals surface area contributed by atoms with Crippen LogP contribution >= 0.6 is 0 Å². The fourth-order valence-electron chi connectivity index (χ4n) is 0.567. The van der Waals surface area contributed by atoms with Gasteiger partial charge in [-0.3, -0.25) is 0 Å². The van der Waals surface area contributed by atoms with Crippen LogP contribution in [0.25, 0.3) is 0 Å². The highest BCUT2D eigenvalue weighted by Gasteiger charge is 1.93. The third kappa shape index (κ3) is 8.40. The molecule has 0 N–H and O–H groups in total. The van der Waals surface area contributed by atoms with E-state index in [9.17, 15) is 4.79 Å². The van der Waals surface area contributed by atoms with E-state index in [0.717, 1.165) is 0 Å². The lowest BCUT2D eigenvalue weighted by Gasteiger charge is -2.00. The van der Waals surface area contributed by atoms with Gasteiger partial charge in [-0.15, -0.1) is 0 Å². The summed E-state index contributed by atoms with van der Waals surface area (Å²) in [5.41, 5.74) is 0. The Balaban J connectivity index is 3.45. The van der Waals surface area contributed by atoms with E-state index in [1.807, 2.05) is 13.0 Å². The Kier molecular flexibility index (Phi) is 7.59. The fourth-order valence-corrected chi connectivity index (χ4v) is 0.567. The standard InChI is InChI=1S/C10H14O3/c1-3-5-6-7-10(11)13-9-8-12-4-2/h3-7H,2,8-9H2,1H3. The summed E-state index contributed by atoms with van der Waals surface area (Å²) >= 11 is 0. The van der Waals surface area contributed by atoms with Crippen LogP contribution in [0.15, 0.2) is 37.1 Å². The summed E-state index contributed by atoms with van der Waals surface area (Å²) in [6.45, 7) is 5.80. The van der Waals surface area contributed by atoms with Gasteiger partial charge in [0, 0.05) is 6.08 Å². The van der Waals surface area contributed by atoms with E-state index in [0.29, 0.717) is 6.61 Å². The van der Waals surface area contributed by atoms with Crippen molar-refractivity contribution in [1.82, 2.24) is 0 Å². The molecular formula is C10H14O3. The number of hydrogen-bond donors (Lipinski definition) is 0. The molecule has 0 heterocycles. The number of rotatable bonds is 6. The van der Waals surface area contributed by atoms with Crippen molar-refractivity contribution in [3.05, 3.63) is 37.1 Å². The van der Waals surface area contributed by atoms with Crippen molar-refractivity contribution in [3.63, 3.8) is 0 Å². The van der Waals surface area contributed by atoms with Gasteiger partial charge in [0.25, 0.3) is 0 Å². The third-order valence-corrected chi connectivity index (χ3v) is 1.10. The molecule has 3 nitrogen and oxygen atoms in total. The summed E-state index contributed by atoms with van der Waals surface area (Å²) in [5, 5.41) is 0. The molecule has 72 valence electrons. The normalized spacial score (nSPS) is 10.5. The van der Waals surface area contributed by atoms with Crippen molar-refractivity contribution >= 4 is 5.97 Å². The van der Waals surface area contributed by atoms with Gasteiger partial charge in [-0.2, -0.15) is 0 Å². The molecular weight excluding hydrogens is 168 g/mol. The first-order chi connectivity index (χ1) is 6.31. The van der Waals surface area contributed by atoms with E-state index >= 15 is 0 Å². The van der Waals surface area contributed by atoms with Gasteiger partial charge in [0.2, 0.25) is 0 Å². The molecule has 3 heteroatoms. The van der Waals surface area contributed by atoms with Crippen LogP contribution in [0.2, 0.25) is 0 Å². The van der Waals surface area contributed by atoms with Crippen LogP contribution in [-0.4, -0.2) is 19.2 Å². The van der Waals surface area contributed by atoms with Crippen LogP contribution in [-0.2, 0) is 14.3 Å². The maximum Gasteiger partial charge on any atom is 0.330 e. The smallest absolute Gasteiger partial charge is 0.330 e. The molecule has 0 aromatic carbocycles. The quantitative estimate of drug-likeness (QED) is 0.207. The molecule has 0 fully saturated rings. The molecule has 0 aliphatic heterocycles. The fraction of sp³-hybridized carbons (Fsp3) is 0.300. The largest absolute Gasteiger partial charge is 0.498 e. The average Bonchev–Trinajstić information content (AvgIpc) is 2.13. The second-order valence-corrected chi connectivity index (χ2v) is 2.09. The van der Waals surface area contributed by atoms with Crippen molar-refractivity contribution in [1.29, 1.82) is 0 Å². The summed E-state index contributed by atoms with van der Waals surface area (Å²) < 4.78 is 9.52. The number of allylic oxidation sites excluding steroid dienone is 3. The zero-order chi connectivity index (χ0) is 9.94. The summed E-state index contributed by atoms with van der Waals surface area (Å²) in [7, 11) is 0. The topological polar surface area (TPSA) is 35.5 Å². The van der Waals surface area contributed by atoms with Gasteiger partial charge in [0.15, 0.2) is 0 Å². The molecule has 0 rings (SSSR count).